The van der Waals surface area contributed by atoms with Gasteiger partial charge in [-0.15, -0.1) is 0 Å². The molecule has 0 amide bonds. The van der Waals surface area contributed by atoms with E-state index in [0.29, 0.717) is 12.0 Å². The molecule has 0 saturated carbocycles. The lowest BCUT2D eigenvalue weighted by Gasteiger charge is -2.49. The van der Waals surface area contributed by atoms with Gasteiger partial charge in [0.2, 0.25) is 0 Å². The van der Waals surface area contributed by atoms with Gasteiger partial charge in [0.1, 0.15) is 5.60 Å². The predicted molar refractivity (Wildman–Crippen MR) is 108 cm³/mol. The fourth-order valence-corrected chi connectivity index (χ4v) is 5.19. The summed E-state index contributed by atoms with van der Waals surface area (Å²) in [4.78, 5) is 14.4. The molecule has 0 unspecified atom stereocenters. The predicted octanol–water partition coefficient (Wildman–Crippen LogP) is 5.14. The van der Waals surface area contributed by atoms with Crippen molar-refractivity contribution >= 4 is 17.6 Å². The number of fused-ring (bicyclic) bond motifs is 1. The fraction of sp³-hybridized carbons (Fsp3) is 0.435. The topological polar surface area (TPSA) is 29.5 Å². The molecule has 0 radical (unpaired) electrons. The van der Waals surface area contributed by atoms with Crippen LogP contribution in [0.3, 0.4) is 0 Å². The first-order chi connectivity index (χ1) is 13.1. The van der Waals surface area contributed by atoms with Crippen LogP contribution in [-0.4, -0.2) is 30.0 Å². The van der Waals surface area contributed by atoms with Crippen molar-refractivity contribution in [1.29, 1.82) is 0 Å². The van der Waals surface area contributed by atoms with E-state index in [1.54, 1.807) is 0 Å². The highest BCUT2D eigenvalue weighted by molar-refractivity contribution is 6.31. The van der Waals surface area contributed by atoms with Crippen LogP contribution in [0.15, 0.2) is 54.6 Å². The molecule has 2 aromatic carbocycles. The molecule has 3 nitrogen and oxygen atoms in total. The van der Waals surface area contributed by atoms with Crippen molar-refractivity contribution in [3.63, 3.8) is 0 Å². The minimum atomic E-state index is -0.495. The van der Waals surface area contributed by atoms with E-state index in [0.717, 1.165) is 49.4 Å². The molecule has 3 atom stereocenters. The Bertz CT molecular complexity index is 809. The number of esters is 1. The molecule has 2 aliphatic heterocycles. The number of ether oxygens (including phenoxy) is 1. The molecule has 2 aromatic rings. The van der Waals surface area contributed by atoms with Crippen LogP contribution in [0.4, 0.5) is 0 Å². The zero-order valence-corrected chi connectivity index (χ0v) is 16.5. The van der Waals surface area contributed by atoms with Gasteiger partial charge in [0, 0.05) is 43.9 Å². The van der Waals surface area contributed by atoms with E-state index in [1.165, 1.54) is 12.5 Å². The number of rotatable bonds is 3. The molecule has 2 aliphatic rings. The second-order valence-corrected chi connectivity index (χ2v) is 8.26. The van der Waals surface area contributed by atoms with Crippen molar-refractivity contribution < 1.29 is 9.53 Å². The summed E-state index contributed by atoms with van der Waals surface area (Å²) < 4.78 is 5.96. The Hall–Kier alpha value is -1.84. The largest absolute Gasteiger partial charge is 0.454 e. The zero-order chi connectivity index (χ0) is 18.9. The van der Waals surface area contributed by atoms with Gasteiger partial charge in [0.25, 0.3) is 0 Å². The van der Waals surface area contributed by atoms with Crippen LogP contribution in [-0.2, 0) is 15.1 Å². The van der Waals surface area contributed by atoms with Gasteiger partial charge in [0.05, 0.1) is 0 Å². The van der Waals surface area contributed by atoms with Crippen molar-refractivity contribution in [3.05, 3.63) is 70.7 Å². The maximum atomic E-state index is 11.9. The molecule has 0 N–H and O–H groups in total. The molecule has 27 heavy (non-hydrogen) atoms. The Morgan fingerprint density at radius 2 is 1.85 bits per heavy atom. The normalized spacial score (nSPS) is 28.4. The lowest BCUT2D eigenvalue weighted by Crippen LogP contribution is -2.53. The summed E-state index contributed by atoms with van der Waals surface area (Å²) in [5.74, 6) is 0.282. The van der Waals surface area contributed by atoms with E-state index in [2.05, 4.69) is 29.2 Å². The van der Waals surface area contributed by atoms with E-state index in [1.807, 2.05) is 30.3 Å². The Kier molecular flexibility index (Phi) is 5.25. The molecular formula is C23H26ClNO2. The first-order valence-corrected chi connectivity index (χ1v) is 10.2. The molecule has 2 saturated heterocycles. The highest BCUT2D eigenvalue weighted by Gasteiger charge is 2.45. The van der Waals surface area contributed by atoms with Crippen LogP contribution in [0.2, 0.25) is 5.02 Å². The Morgan fingerprint density at radius 3 is 2.59 bits per heavy atom. The molecule has 2 fully saturated rings. The van der Waals surface area contributed by atoms with Gasteiger partial charge in [-0.2, -0.15) is 0 Å². The van der Waals surface area contributed by atoms with Crippen molar-refractivity contribution in [2.24, 2.45) is 0 Å². The molecule has 0 aliphatic carbocycles. The van der Waals surface area contributed by atoms with Gasteiger partial charge in [-0.05, 0) is 36.0 Å². The van der Waals surface area contributed by atoms with Crippen LogP contribution < -0.4 is 0 Å². The third-order valence-corrected chi connectivity index (χ3v) is 6.52. The van der Waals surface area contributed by atoms with Crippen LogP contribution >= 0.6 is 11.6 Å². The van der Waals surface area contributed by atoms with Crippen LogP contribution in [0.25, 0.3) is 0 Å². The van der Waals surface area contributed by atoms with Crippen LogP contribution in [0, 0.1) is 0 Å². The van der Waals surface area contributed by atoms with Crippen LogP contribution in [0.5, 0.6) is 0 Å². The molecular weight excluding hydrogens is 358 g/mol. The number of piperidine rings is 2. The minimum absolute atomic E-state index is 0.197. The van der Waals surface area contributed by atoms with Crippen molar-refractivity contribution in [3.8, 4) is 0 Å². The van der Waals surface area contributed by atoms with Gasteiger partial charge >= 0.3 is 5.97 Å². The van der Waals surface area contributed by atoms with E-state index >= 15 is 0 Å². The molecule has 0 aromatic heterocycles. The van der Waals surface area contributed by atoms with E-state index in [4.69, 9.17) is 16.3 Å². The Morgan fingerprint density at radius 1 is 1.11 bits per heavy atom. The summed E-state index contributed by atoms with van der Waals surface area (Å²) >= 11 is 6.44. The number of carbonyl (C=O) groups excluding carboxylic acids is 1. The number of hydrogen-bond donors (Lipinski definition) is 0. The summed E-state index contributed by atoms with van der Waals surface area (Å²) in [6.45, 7) is 3.48. The number of hydrogen-bond acceptors (Lipinski definition) is 3. The van der Waals surface area contributed by atoms with Crippen molar-refractivity contribution in [1.82, 2.24) is 4.90 Å². The van der Waals surface area contributed by atoms with Gasteiger partial charge in [-0.3, -0.25) is 9.69 Å². The lowest BCUT2D eigenvalue weighted by molar-refractivity contribution is -0.168. The average molecular weight is 384 g/mol. The van der Waals surface area contributed by atoms with Gasteiger partial charge in [-0.1, -0.05) is 60.1 Å². The molecule has 2 heterocycles. The standard InChI is InChI=1S/C23H26ClNO2/c1-17(26)27-23(19-7-3-2-4-8-19)13-14-25-16-18(11-12-20(25)15-23)21-9-5-6-10-22(21)24/h2-10,18,20H,11-16H2,1H3/t18-,20+,23+/m0/s1. The SMILES string of the molecule is CC(=O)O[C@]1(c2ccccc2)CCN2C[C@@H](c3ccccc3Cl)CC[C@@H]2C1. The van der Waals surface area contributed by atoms with Gasteiger partial charge < -0.3 is 4.74 Å². The second-order valence-electron chi connectivity index (χ2n) is 7.85. The Labute approximate surface area is 166 Å². The van der Waals surface area contributed by atoms with Crippen molar-refractivity contribution in [2.45, 2.75) is 50.2 Å². The molecule has 142 valence electrons. The monoisotopic (exact) mass is 383 g/mol. The average Bonchev–Trinajstić information content (AvgIpc) is 2.68. The summed E-state index contributed by atoms with van der Waals surface area (Å²) in [7, 11) is 0. The highest BCUT2D eigenvalue weighted by atomic mass is 35.5. The smallest absolute Gasteiger partial charge is 0.303 e. The van der Waals surface area contributed by atoms with E-state index in [-0.39, 0.29) is 5.97 Å². The third-order valence-electron chi connectivity index (χ3n) is 6.17. The first-order valence-electron chi connectivity index (χ1n) is 9.81. The summed E-state index contributed by atoms with van der Waals surface area (Å²) in [6, 6.07) is 18.9. The quantitative estimate of drug-likeness (QED) is 0.687. The maximum absolute atomic E-state index is 11.9. The van der Waals surface area contributed by atoms with E-state index in [9.17, 15) is 4.79 Å². The summed E-state index contributed by atoms with van der Waals surface area (Å²) in [6.07, 6.45) is 3.93. The number of nitrogens with zero attached hydrogens (tertiary/aromatic N) is 1. The second kappa shape index (κ2) is 7.65. The maximum Gasteiger partial charge on any atom is 0.303 e. The molecule has 4 rings (SSSR count). The van der Waals surface area contributed by atoms with Gasteiger partial charge in [0.15, 0.2) is 0 Å². The third kappa shape index (κ3) is 3.76. The highest BCUT2D eigenvalue weighted by Crippen LogP contribution is 2.44. The molecule has 4 heteroatoms. The summed E-state index contributed by atoms with van der Waals surface area (Å²) in [5.41, 5.74) is 1.89. The number of halogens is 1. The van der Waals surface area contributed by atoms with Crippen molar-refractivity contribution in [2.75, 3.05) is 13.1 Å². The lowest BCUT2D eigenvalue weighted by atomic mass is 9.75. The van der Waals surface area contributed by atoms with Crippen LogP contribution in [0.1, 0.15) is 49.7 Å². The Balaban J connectivity index is 1.54. The van der Waals surface area contributed by atoms with Gasteiger partial charge in [-0.25, -0.2) is 0 Å². The zero-order valence-electron chi connectivity index (χ0n) is 15.7. The molecule has 0 spiro atoms. The number of carbonyl (C=O) groups is 1. The first kappa shape index (κ1) is 18.5. The number of benzene rings is 2. The molecule has 0 bridgehead atoms. The minimum Gasteiger partial charge on any atom is -0.454 e. The summed E-state index contributed by atoms with van der Waals surface area (Å²) in [5, 5.41) is 0.872. The van der Waals surface area contributed by atoms with E-state index < -0.39 is 5.60 Å². The fourth-order valence-electron chi connectivity index (χ4n) is 4.90.